The van der Waals surface area contributed by atoms with Crippen LogP contribution in [0.2, 0.25) is 0 Å². The molecule has 1 N–H and O–H groups in total. The molecule has 0 aliphatic heterocycles. The molecule has 1 aromatic carbocycles. The SMILES string of the molecule is Fc1cccc(Cc2nnc(CCCNC3CC3)o2)c1F. The molecular weight excluding hydrogens is 276 g/mol. The lowest BCUT2D eigenvalue weighted by atomic mass is 10.1. The molecule has 1 aromatic heterocycles. The van der Waals surface area contributed by atoms with E-state index in [1.54, 1.807) is 0 Å². The van der Waals surface area contributed by atoms with Gasteiger partial charge in [-0.1, -0.05) is 12.1 Å². The van der Waals surface area contributed by atoms with Crippen LogP contribution in [0.15, 0.2) is 22.6 Å². The number of halogens is 2. The molecule has 1 aliphatic rings. The topological polar surface area (TPSA) is 51.0 Å². The summed E-state index contributed by atoms with van der Waals surface area (Å²) in [6.07, 6.45) is 4.26. The average molecular weight is 293 g/mol. The van der Waals surface area contributed by atoms with Crippen molar-refractivity contribution in [2.75, 3.05) is 6.54 Å². The van der Waals surface area contributed by atoms with Crippen molar-refractivity contribution in [2.24, 2.45) is 0 Å². The first-order chi connectivity index (χ1) is 10.2. The predicted octanol–water partition coefficient (Wildman–Crippen LogP) is 2.62. The van der Waals surface area contributed by atoms with Gasteiger partial charge in [-0.15, -0.1) is 10.2 Å². The zero-order valence-electron chi connectivity index (χ0n) is 11.6. The van der Waals surface area contributed by atoms with Crippen molar-refractivity contribution in [1.82, 2.24) is 15.5 Å². The predicted molar refractivity (Wildman–Crippen MR) is 72.8 cm³/mol. The zero-order valence-corrected chi connectivity index (χ0v) is 11.6. The van der Waals surface area contributed by atoms with Gasteiger partial charge in [0, 0.05) is 18.0 Å². The van der Waals surface area contributed by atoms with Crippen molar-refractivity contribution in [3.8, 4) is 0 Å². The first kappa shape index (κ1) is 14.1. The van der Waals surface area contributed by atoms with E-state index >= 15 is 0 Å². The largest absolute Gasteiger partial charge is 0.425 e. The minimum Gasteiger partial charge on any atom is -0.425 e. The number of rotatable bonds is 7. The van der Waals surface area contributed by atoms with Gasteiger partial charge in [0.15, 0.2) is 11.6 Å². The third-order valence-corrected chi connectivity index (χ3v) is 3.46. The van der Waals surface area contributed by atoms with Crippen molar-refractivity contribution in [3.63, 3.8) is 0 Å². The quantitative estimate of drug-likeness (QED) is 0.797. The smallest absolute Gasteiger partial charge is 0.221 e. The Balaban J connectivity index is 1.53. The zero-order chi connectivity index (χ0) is 14.7. The van der Waals surface area contributed by atoms with E-state index in [0.29, 0.717) is 24.2 Å². The van der Waals surface area contributed by atoms with Crippen molar-refractivity contribution in [1.29, 1.82) is 0 Å². The number of benzene rings is 1. The fraction of sp³-hybridized carbons (Fsp3) is 0.467. The molecule has 21 heavy (non-hydrogen) atoms. The first-order valence-corrected chi connectivity index (χ1v) is 7.20. The molecular formula is C15H17F2N3O. The van der Waals surface area contributed by atoms with Gasteiger partial charge in [0.05, 0.1) is 6.42 Å². The molecule has 0 spiro atoms. The number of nitrogens with one attached hydrogen (secondary N) is 1. The van der Waals surface area contributed by atoms with Crippen LogP contribution in [0.5, 0.6) is 0 Å². The van der Waals surface area contributed by atoms with E-state index in [4.69, 9.17) is 4.42 Å². The van der Waals surface area contributed by atoms with Crippen LogP contribution in [0, 0.1) is 11.6 Å². The molecule has 1 aliphatic carbocycles. The van der Waals surface area contributed by atoms with Crippen LogP contribution < -0.4 is 5.32 Å². The van der Waals surface area contributed by atoms with E-state index < -0.39 is 11.6 Å². The maximum atomic E-state index is 13.6. The Morgan fingerprint density at radius 2 is 2.00 bits per heavy atom. The van der Waals surface area contributed by atoms with Gasteiger partial charge < -0.3 is 9.73 Å². The van der Waals surface area contributed by atoms with E-state index in [2.05, 4.69) is 15.5 Å². The van der Waals surface area contributed by atoms with Gasteiger partial charge in [-0.3, -0.25) is 0 Å². The minimum absolute atomic E-state index is 0.108. The normalized spacial score (nSPS) is 14.6. The summed E-state index contributed by atoms with van der Waals surface area (Å²) in [5.41, 5.74) is 0.223. The summed E-state index contributed by atoms with van der Waals surface area (Å²) < 4.78 is 32.1. The Morgan fingerprint density at radius 1 is 1.19 bits per heavy atom. The van der Waals surface area contributed by atoms with Gasteiger partial charge >= 0.3 is 0 Å². The molecule has 2 aromatic rings. The van der Waals surface area contributed by atoms with Gasteiger partial charge in [-0.25, -0.2) is 8.78 Å². The Kier molecular flexibility index (Phi) is 4.24. The van der Waals surface area contributed by atoms with Crippen LogP contribution >= 0.6 is 0 Å². The maximum absolute atomic E-state index is 13.6. The summed E-state index contributed by atoms with van der Waals surface area (Å²) in [5.74, 6) is -0.867. The van der Waals surface area contributed by atoms with Crippen LogP contribution in [0.25, 0.3) is 0 Å². The van der Waals surface area contributed by atoms with E-state index in [-0.39, 0.29) is 12.0 Å². The van der Waals surface area contributed by atoms with Crippen molar-refractivity contribution >= 4 is 0 Å². The molecule has 0 unspecified atom stereocenters. The summed E-state index contributed by atoms with van der Waals surface area (Å²) in [7, 11) is 0. The first-order valence-electron chi connectivity index (χ1n) is 7.20. The molecule has 3 rings (SSSR count). The molecule has 112 valence electrons. The Labute approximate surface area is 121 Å². The Morgan fingerprint density at radius 3 is 2.81 bits per heavy atom. The third kappa shape index (κ3) is 3.85. The molecule has 0 saturated heterocycles. The van der Waals surface area contributed by atoms with E-state index in [1.807, 2.05) is 0 Å². The molecule has 0 bridgehead atoms. The molecule has 0 radical (unpaired) electrons. The maximum Gasteiger partial charge on any atom is 0.221 e. The second-order valence-electron chi connectivity index (χ2n) is 5.31. The molecule has 6 heteroatoms. The van der Waals surface area contributed by atoms with E-state index in [0.717, 1.165) is 19.0 Å². The van der Waals surface area contributed by atoms with Crippen LogP contribution in [-0.4, -0.2) is 22.8 Å². The molecule has 1 heterocycles. The number of hydrogen-bond donors (Lipinski definition) is 1. The van der Waals surface area contributed by atoms with Gasteiger partial charge in [0.2, 0.25) is 11.8 Å². The lowest BCUT2D eigenvalue weighted by molar-refractivity contribution is 0.443. The van der Waals surface area contributed by atoms with Gasteiger partial charge in [0.1, 0.15) is 0 Å². The van der Waals surface area contributed by atoms with Crippen molar-refractivity contribution < 1.29 is 13.2 Å². The van der Waals surface area contributed by atoms with Crippen LogP contribution in [-0.2, 0) is 12.8 Å². The molecule has 4 nitrogen and oxygen atoms in total. The number of nitrogens with zero attached hydrogens (tertiary/aromatic N) is 2. The fourth-order valence-corrected chi connectivity index (χ4v) is 2.14. The monoisotopic (exact) mass is 293 g/mol. The highest BCUT2D eigenvalue weighted by Gasteiger charge is 2.19. The summed E-state index contributed by atoms with van der Waals surface area (Å²) in [6, 6.07) is 4.76. The number of aryl methyl sites for hydroxylation is 1. The lowest BCUT2D eigenvalue weighted by Gasteiger charge is -2.00. The van der Waals surface area contributed by atoms with E-state index in [9.17, 15) is 8.78 Å². The highest BCUT2D eigenvalue weighted by Crippen LogP contribution is 2.18. The number of aromatic nitrogens is 2. The van der Waals surface area contributed by atoms with Gasteiger partial charge in [0.25, 0.3) is 0 Å². The average Bonchev–Trinajstić information content (AvgIpc) is 3.20. The molecule has 1 saturated carbocycles. The van der Waals surface area contributed by atoms with Crippen LogP contribution in [0.1, 0.15) is 36.6 Å². The summed E-state index contributed by atoms with van der Waals surface area (Å²) >= 11 is 0. The molecule has 0 amide bonds. The van der Waals surface area contributed by atoms with Gasteiger partial charge in [-0.2, -0.15) is 0 Å². The second-order valence-corrected chi connectivity index (χ2v) is 5.31. The third-order valence-electron chi connectivity index (χ3n) is 3.46. The summed E-state index contributed by atoms with van der Waals surface area (Å²) in [6.45, 7) is 0.931. The van der Waals surface area contributed by atoms with Gasteiger partial charge in [-0.05, 0) is 31.9 Å². The standard InChI is InChI=1S/C15H17F2N3O/c16-12-4-1-3-10(15(12)17)9-14-20-19-13(21-14)5-2-8-18-11-6-7-11/h1,3-4,11,18H,2,5-9H2. The van der Waals surface area contributed by atoms with Crippen molar-refractivity contribution in [3.05, 3.63) is 47.2 Å². The minimum atomic E-state index is -0.863. The van der Waals surface area contributed by atoms with Crippen molar-refractivity contribution in [2.45, 2.75) is 38.1 Å². The second kappa shape index (κ2) is 6.30. The highest BCUT2D eigenvalue weighted by atomic mass is 19.2. The number of hydrogen-bond acceptors (Lipinski definition) is 4. The lowest BCUT2D eigenvalue weighted by Crippen LogP contribution is -2.17. The Bertz CT molecular complexity index is 611. The van der Waals surface area contributed by atoms with E-state index in [1.165, 1.54) is 25.0 Å². The molecule has 1 fully saturated rings. The van der Waals surface area contributed by atoms with Crippen LogP contribution in [0.4, 0.5) is 8.78 Å². The summed E-state index contributed by atoms with van der Waals surface area (Å²) in [4.78, 5) is 0. The Hall–Kier alpha value is -1.82. The highest BCUT2D eigenvalue weighted by molar-refractivity contribution is 5.21. The summed E-state index contributed by atoms with van der Waals surface area (Å²) in [5, 5.41) is 11.2. The molecule has 0 atom stereocenters. The van der Waals surface area contributed by atoms with Crippen LogP contribution in [0.3, 0.4) is 0 Å². The fourth-order valence-electron chi connectivity index (χ4n) is 2.14.